The molecule has 1 aliphatic carbocycles. The molecule has 8 N–H and O–H groups in total. The Labute approximate surface area is 230 Å². The van der Waals surface area contributed by atoms with E-state index < -0.39 is 89.0 Å². The van der Waals surface area contributed by atoms with E-state index in [1.807, 2.05) is 0 Å². The Hall–Kier alpha value is -5.53. The molecule has 0 fully saturated rings. The summed E-state index contributed by atoms with van der Waals surface area (Å²) in [7, 11) is 0. The van der Waals surface area contributed by atoms with Crippen LogP contribution in [-0.2, 0) is 35.1 Å². The standard InChI is InChI=1S/C27H24O14/c28-15-4-1-11(7-17(15)30)8-19(25(35)36)41-20(32)6-3-12-9-14(24(33)34)21(13-2-5-16(29)18(31)10-13)23(27(39)40)22(12)26(37)38/h1-7,9-10,14,19,21-23,28-31H,8H2,(H,33,34)(H,35,36)(H,37,38)(H,39,40)/b6-3+/t14-,19-,21+,22+,23-/m1/s1. The summed E-state index contributed by atoms with van der Waals surface area (Å²) in [6.07, 6.45) is 0.176. The lowest BCUT2D eigenvalue weighted by molar-refractivity contribution is -0.160. The highest BCUT2D eigenvalue weighted by molar-refractivity contribution is 5.89. The Morgan fingerprint density at radius 1 is 0.780 bits per heavy atom. The van der Waals surface area contributed by atoms with Crippen molar-refractivity contribution in [3.05, 3.63) is 71.3 Å². The number of aromatic hydroxyl groups is 4. The van der Waals surface area contributed by atoms with Gasteiger partial charge in [-0.15, -0.1) is 0 Å². The molecule has 216 valence electrons. The van der Waals surface area contributed by atoms with Crippen LogP contribution in [-0.4, -0.2) is 76.8 Å². The summed E-state index contributed by atoms with van der Waals surface area (Å²) >= 11 is 0. The van der Waals surface area contributed by atoms with Crippen LogP contribution in [0.1, 0.15) is 17.0 Å². The SMILES string of the molecule is O=C(/C=C/C1=C[C@@H](C(=O)O)[C@H](c2ccc(O)c(O)c2)[C@@H](C(=O)O)[C@H]1C(=O)O)O[C@H](Cc1ccc(O)c(O)c1)C(=O)O. The third-order valence-corrected chi connectivity index (χ3v) is 6.49. The lowest BCUT2D eigenvalue weighted by Gasteiger charge is -2.36. The Bertz CT molecular complexity index is 1460. The van der Waals surface area contributed by atoms with Crippen molar-refractivity contribution in [2.24, 2.45) is 17.8 Å². The number of aliphatic carboxylic acids is 4. The number of hydrogen-bond acceptors (Lipinski definition) is 10. The van der Waals surface area contributed by atoms with E-state index in [0.29, 0.717) is 6.08 Å². The first-order valence-electron chi connectivity index (χ1n) is 11.8. The number of benzene rings is 2. The smallest absolute Gasteiger partial charge is 0.345 e. The number of phenolic OH excluding ortho intramolecular Hbond substituents is 4. The molecule has 3 rings (SSSR count). The van der Waals surface area contributed by atoms with E-state index in [9.17, 15) is 64.8 Å². The molecular formula is C27H24O14. The van der Waals surface area contributed by atoms with Crippen molar-refractivity contribution in [3.63, 3.8) is 0 Å². The molecule has 0 bridgehead atoms. The average molecular weight is 572 g/mol. The zero-order valence-electron chi connectivity index (χ0n) is 20.8. The van der Waals surface area contributed by atoms with Gasteiger partial charge >= 0.3 is 29.8 Å². The second-order valence-electron chi connectivity index (χ2n) is 9.11. The first kappa shape index (κ1) is 30.0. The summed E-state index contributed by atoms with van der Waals surface area (Å²) < 4.78 is 4.91. The van der Waals surface area contributed by atoms with E-state index in [-0.39, 0.29) is 16.7 Å². The molecule has 0 aromatic heterocycles. The molecule has 2 aromatic rings. The van der Waals surface area contributed by atoms with Crippen LogP contribution in [0.25, 0.3) is 0 Å². The summed E-state index contributed by atoms with van der Waals surface area (Å²) in [6.45, 7) is 0. The zero-order chi connectivity index (χ0) is 30.6. The number of ether oxygens (including phenoxy) is 1. The highest BCUT2D eigenvalue weighted by Gasteiger charge is 2.50. The minimum Gasteiger partial charge on any atom is -0.504 e. The van der Waals surface area contributed by atoms with E-state index >= 15 is 0 Å². The van der Waals surface area contributed by atoms with E-state index in [1.165, 1.54) is 6.07 Å². The van der Waals surface area contributed by atoms with Gasteiger partial charge in [-0.2, -0.15) is 0 Å². The Balaban J connectivity index is 1.96. The van der Waals surface area contributed by atoms with E-state index in [1.54, 1.807) is 0 Å². The van der Waals surface area contributed by atoms with Crippen molar-refractivity contribution in [2.45, 2.75) is 18.4 Å². The third-order valence-electron chi connectivity index (χ3n) is 6.49. The predicted octanol–water partition coefficient (Wildman–Crippen LogP) is 1.43. The molecular weight excluding hydrogens is 548 g/mol. The van der Waals surface area contributed by atoms with Gasteiger partial charge in [0.2, 0.25) is 6.10 Å². The van der Waals surface area contributed by atoms with Crippen molar-refractivity contribution in [1.29, 1.82) is 0 Å². The van der Waals surface area contributed by atoms with E-state index in [2.05, 4.69) is 0 Å². The van der Waals surface area contributed by atoms with Crippen LogP contribution in [0.2, 0.25) is 0 Å². The van der Waals surface area contributed by atoms with Gasteiger partial charge < -0.3 is 45.6 Å². The fraction of sp³-hybridized carbons (Fsp3) is 0.222. The number of carbonyl (C=O) groups is 5. The highest BCUT2D eigenvalue weighted by Crippen LogP contribution is 2.46. The van der Waals surface area contributed by atoms with Gasteiger partial charge in [0, 0.05) is 18.4 Å². The van der Waals surface area contributed by atoms with Gasteiger partial charge in [-0.05, 0) is 41.0 Å². The largest absolute Gasteiger partial charge is 0.504 e. The number of phenols is 4. The fourth-order valence-electron chi connectivity index (χ4n) is 4.62. The molecule has 0 radical (unpaired) electrons. The lowest BCUT2D eigenvalue weighted by Crippen LogP contribution is -2.43. The van der Waals surface area contributed by atoms with Crippen molar-refractivity contribution in [2.75, 3.05) is 0 Å². The molecule has 0 saturated carbocycles. The molecule has 0 heterocycles. The molecule has 0 saturated heterocycles. The van der Waals surface area contributed by atoms with Gasteiger partial charge in [-0.3, -0.25) is 14.4 Å². The quantitative estimate of drug-likeness (QED) is 0.114. The Morgan fingerprint density at radius 3 is 1.90 bits per heavy atom. The zero-order valence-corrected chi connectivity index (χ0v) is 20.8. The van der Waals surface area contributed by atoms with Gasteiger partial charge in [0.15, 0.2) is 23.0 Å². The van der Waals surface area contributed by atoms with Crippen LogP contribution < -0.4 is 0 Å². The van der Waals surface area contributed by atoms with Gasteiger partial charge in [0.25, 0.3) is 0 Å². The monoisotopic (exact) mass is 572 g/mol. The van der Waals surface area contributed by atoms with Crippen LogP contribution in [0.15, 0.2) is 60.2 Å². The topological polar surface area (TPSA) is 256 Å². The molecule has 0 spiro atoms. The Kier molecular flexibility index (Phi) is 8.87. The van der Waals surface area contributed by atoms with Crippen molar-refractivity contribution >= 4 is 29.8 Å². The van der Waals surface area contributed by atoms with Gasteiger partial charge in [0.1, 0.15) is 0 Å². The van der Waals surface area contributed by atoms with Crippen LogP contribution in [0.3, 0.4) is 0 Å². The summed E-state index contributed by atoms with van der Waals surface area (Å²) in [5.41, 5.74) is -0.274. The molecule has 0 amide bonds. The predicted molar refractivity (Wildman–Crippen MR) is 134 cm³/mol. The minimum atomic E-state index is -1.91. The summed E-state index contributed by atoms with van der Waals surface area (Å²) in [6, 6.07) is 6.50. The fourth-order valence-corrected chi connectivity index (χ4v) is 4.62. The normalized spacial score (nSPS) is 21.0. The maximum atomic E-state index is 12.5. The average Bonchev–Trinajstić information content (AvgIpc) is 2.89. The number of carbonyl (C=O) groups excluding carboxylic acids is 1. The van der Waals surface area contributed by atoms with Crippen LogP contribution in [0.5, 0.6) is 23.0 Å². The number of allylic oxidation sites excluding steroid dienone is 1. The first-order chi connectivity index (χ1) is 19.2. The van der Waals surface area contributed by atoms with Gasteiger partial charge in [-0.25, -0.2) is 9.59 Å². The molecule has 14 heteroatoms. The number of esters is 1. The van der Waals surface area contributed by atoms with Gasteiger partial charge in [0.05, 0.1) is 17.8 Å². The molecule has 0 unspecified atom stereocenters. The van der Waals surface area contributed by atoms with Gasteiger partial charge in [-0.1, -0.05) is 24.3 Å². The first-order valence-corrected chi connectivity index (χ1v) is 11.8. The molecule has 2 aromatic carbocycles. The number of rotatable bonds is 10. The van der Waals surface area contributed by atoms with E-state index in [4.69, 9.17) is 4.74 Å². The minimum absolute atomic E-state index is 0.0744. The van der Waals surface area contributed by atoms with Crippen LogP contribution in [0.4, 0.5) is 0 Å². The van der Waals surface area contributed by atoms with Crippen LogP contribution in [0, 0.1) is 17.8 Å². The van der Waals surface area contributed by atoms with Crippen LogP contribution >= 0.6 is 0 Å². The molecule has 41 heavy (non-hydrogen) atoms. The number of hydrogen-bond donors (Lipinski definition) is 8. The summed E-state index contributed by atoms with van der Waals surface area (Å²) in [5, 5.41) is 77.6. The molecule has 5 atom stereocenters. The maximum Gasteiger partial charge on any atom is 0.345 e. The molecule has 0 aliphatic heterocycles. The second-order valence-corrected chi connectivity index (χ2v) is 9.11. The second kappa shape index (κ2) is 12.1. The van der Waals surface area contributed by atoms with E-state index in [0.717, 1.165) is 42.5 Å². The van der Waals surface area contributed by atoms with Crippen molar-refractivity contribution < 1.29 is 69.6 Å². The van der Waals surface area contributed by atoms with Crippen molar-refractivity contribution in [1.82, 2.24) is 0 Å². The lowest BCUT2D eigenvalue weighted by atomic mass is 9.64. The Morgan fingerprint density at radius 2 is 1.39 bits per heavy atom. The molecule has 14 nitrogen and oxygen atoms in total. The highest BCUT2D eigenvalue weighted by atomic mass is 16.6. The maximum absolute atomic E-state index is 12.5. The number of carboxylic acid groups (broad SMARTS) is 4. The van der Waals surface area contributed by atoms with Crippen molar-refractivity contribution in [3.8, 4) is 23.0 Å². The third kappa shape index (κ3) is 6.73. The number of carboxylic acids is 4. The summed E-state index contributed by atoms with van der Waals surface area (Å²) in [4.78, 5) is 60.7. The molecule has 1 aliphatic rings. The summed E-state index contributed by atoms with van der Waals surface area (Å²) in [5.74, 6) is -17.0.